The maximum Gasteiger partial charge on any atom is 0.251 e. The first-order valence-electron chi connectivity index (χ1n) is 11.2. The summed E-state index contributed by atoms with van der Waals surface area (Å²) >= 11 is 0. The maximum atomic E-state index is 13.5. The highest BCUT2D eigenvalue weighted by Gasteiger charge is 2.22. The van der Waals surface area contributed by atoms with Gasteiger partial charge in [-0.25, -0.2) is 19.3 Å². The molecule has 1 aliphatic rings. The van der Waals surface area contributed by atoms with Crippen LogP contribution in [0.4, 0.5) is 4.39 Å². The number of amides is 1. The van der Waals surface area contributed by atoms with Crippen LogP contribution < -0.4 is 10.1 Å². The molecule has 1 fully saturated rings. The van der Waals surface area contributed by atoms with E-state index in [1.165, 1.54) is 12.1 Å². The predicted octanol–water partition coefficient (Wildman–Crippen LogP) is 3.69. The van der Waals surface area contributed by atoms with Crippen molar-refractivity contribution in [2.75, 3.05) is 19.8 Å². The smallest absolute Gasteiger partial charge is 0.251 e. The molecule has 0 unspecified atom stereocenters. The van der Waals surface area contributed by atoms with Crippen molar-refractivity contribution in [3.8, 4) is 17.1 Å². The summed E-state index contributed by atoms with van der Waals surface area (Å²) in [5.41, 5.74) is 2.82. The van der Waals surface area contributed by atoms with E-state index in [0.717, 1.165) is 25.1 Å². The molecular formula is C25H24FN5O3. The van der Waals surface area contributed by atoms with Gasteiger partial charge in [-0.05, 0) is 48.9 Å². The molecule has 4 aromatic rings. The van der Waals surface area contributed by atoms with Crippen molar-refractivity contribution in [1.29, 1.82) is 0 Å². The number of carbonyl (C=O) groups excluding carboxylic acids is 1. The van der Waals surface area contributed by atoms with Crippen LogP contribution in [-0.4, -0.2) is 51.7 Å². The van der Waals surface area contributed by atoms with Crippen LogP contribution in [0.1, 0.15) is 29.0 Å². The Labute approximate surface area is 195 Å². The Morgan fingerprint density at radius 1 is 1.18 bits per heavy atom. The van der Waals surface area contributed by atoms with Gasteiger partial charge in [0.15, 0.2) is 0 Å². The molecule has 8 nitrogen and oxygen atoms in total. The number of hydrogen-bond acceptors (Lipinski definition) is 6. The Morgan fingerprint density at radius 3 is 2.82 bits per heavy atom. The Kier molecular flexibility index (Phi) is 6.44. The lowest BCUT2D eigenvalue weighted by molar-refractivity contribution is 0.0953. The molecule has 2 aromatic heterocycles. The number of carbonyl (C=O) groups is 1. The van der Waals surface area contributed by atoms with Crippen molar-refractivity contribution in [2.24, 2.45) is 0 Å². The molecule has 9 heteroatoms. The third kappa shape index (κ3) is 5.04. The second kappa shape index (κ2) is 9.96. The van der Waals surface area contributed by atoms with E-state index in [-0.39, 0.29) is 17.8 Å². The van der Waals surface area contributed by atoms with E-state index in [4.69, 9.17) is 14.5 Å². The molecule has 0 saturated carbocycles. The zero-order valence-corrected chi connectivity index (χ0v) is 18.5. The van der Waals surface area contributed by atoms with Crippen molar-refractivity contribution in [3.63, 3.8) is 0 Å². The summed E-state index contributed by atoms with van der Waals surface area (Å²) in [6, 6.07) is 11.2. The number of aryl methyl sites for hydroxylation is 1. The lowest BCUT2D eigenvalue weighted by Crippen LogP contribution is -2.24. The fourth-order valence-corrected chi connectivity index (χ4v) is 3.82. The molecule has 0 bridgehead atoms. The van der Waals surface area contributed by atoms with Crippen LogP contribution in [0.2, 0.25) is 0 Å². The van der Waals surface area contributed by atoms with Crippen molar-refractivity contribution in [1.82, 2.24) is 25.3 Å². The molecule has 5 rings (SSSR count). The molecule has 3 heterocycles. The van der Waals surface area contributed by atoms with Gasteiger partial charge in [0.1, 0.15) is 23.4 Å². The average Bonchev–Trinajstić information content (AvgIpc) is 3.56. The number of imidazole rings is 1. The summed E-state index contributed by atoms with van der Waals surface area (Å²) < 4.78 is 25.0. The molecule has 1 aliphatic heterocycles. The zero-order chi connectivity index (χ0) is 23.3. The molecule has 34 heavy (non-hydrogen) atoms. The van der Waals surface area contributed by atoms with Gasteiger partial charge >= 0.3 is 0 Å². The minimum absolute atomic E-state index is 0.114. The van der Waals surface area contributed by atoms with Crippen LogP contribution in [0, 0.1) is 5.82 Å². The maximum absolute atomic E-state index is 13.5. The molecule has 1 amide bonds. The lowest BCUT2D eigenvalue weighted by atomic mass is 10.1. The van der Waals surface area contributed by atoms with Gasteiger partial charge in [0.05, 0.1) is 24.2 Å². The summed E-state index contributed by atoms with van der Waals surface area (Å²) in [4.78, 5) is 29.3. The Morgan fingerprint density at radius 2 is 2.06 bits per heavy atom. The standard InChI is InChI=1S/C25H24FN5O3/c26-18-6-3-16(4-7-18)23-25(34-19-9-13-33-15-19)31-20-8-5-17(14-21(20)30-23)24(32)29-10-1-2-22-27-11-12-28-22/h3-8,11-12,14,19H,1-2,9-10,13,15H2,(H,27,28)(H,29,32)/t19-/m1/s1. The monoisotopic (exact) mass is 461 g/mol. The zero-order valence-electron chi connectivity index (χ0n) is 18.5. The first kappa shape index (κ1) is 22.0. The van der Waals surface area contributed by atoms with E-state index in [0.29, 0.717) is 53.5 Å². The van der Waals surface area contributed by atoms with E-state index in [1.54, 1.807) is 42.7 Å². The topological polar surface area (TPSA) is 102 Å². The van der Waals surface area contributed by atoms with Crippen LogP contribution in [0.5, 0.6) is 5.88 Å². The van der Waals surface area contributed by atoms with E-state index < -0.39 is 0 Å². The van der Waals surface area contributed by atoms with Crippen LogP contribution in [0.3, 0.4) is 0 Å². The normalized spacial score (nSPS) is 15.5. The molecule has 0 radical (unpaired) electrons. The van der Waals surface area contributed by atoms with Gasteiger partial charge in [0.2, 0.25) is 5.88 Å². The second-order valence-electron chi connectivity index (χ2n) is 8.09. The first-order chi connectivity index (χ1) is 16.7. The Bertz CT molecular complexity index is 1270. The minimum Gasteiger partial charge on any atom is -0.470 e. The highest BCUT2D eigenvalue weighted by atomic mass is 19.1. The van der Waals surface area contributed by atoms with Gasteiger partial charge in [-0.3, -0.25) is 4.79 Å². The van der Waals surface area contributed by atoms with Crippen molar-refractivity contribution < 1.29 is 18.7 Å². The summed E-state index contributed by atoms with van der Waals surface area (Å²) in [6.45, 7) is 1.65. The molecule has 0 spiro atoms. The van der Waals surface area contributed by atoms with Crippen LogP contribution in [0.15, 0.2) is 54.9 Å². The van der Waals surface area contributed by atoms with Crippen LogP contribution >= 0.6 is 0 Å². The number of H-pyrrole nitrogens is 1. The fourth-order valence-electron chi connectivity index (χ4n) is 3.82. The largest absolute Gasteiger partial charge is 0.470 e. The van der Waals surface area contributed by atoms with Gasteiger partial charge in [0.25, 0.3) is 5.91 Å². The minimum atomic E-state index is -0.338. The summed E-state index contributed by atoms with van der Waals surface area (Å²) in [5, 5.41) is 2.93. The number of nitrogens with one attached hydrogen (secondary N) is 2. The number of ether oxygens (including phenoxy) is 2. The lowest BCUT2D eigenvalue weighted by Gasteiger charge is -2.15. The number of benzene rings is 2. The quantitative estimate of drug-likeness (QED) is 0.388. The highest BCUT2D eigenvalue weighted by molar-refractivity contribution is 5.97. The van der Waals surface area contributed by atoms with Crippen molar-refractivity contribution in [2.45, 2.75) is 25.4 Å². The number of aromatic amines is 1. The number of halogens is 1. The van der Waals surface area contributed by atoms with Crippen molar-refractivity contribution in [3.05, 3.63) is 72.1 Å². The number of hydrogen-bond donors (Lipinski definition) is 2. The van der Waals surface area contributed by atoms with E-state index >= 15 is 0 Å². The second-order valence-corrected chi connectivity index (χ2v) is 8.09. The van der Waals surface area contributed by atoms with Gasteiger partial charge in [-0.15, -0.1) is 0 Å². The average molecular weight is 461 g/mol. The van der Waals surface area contributed by atoms with Gasteiger partial charge in [0, 0.05) is 42.9 Å². The number of aromatic nitrogens is 4. The molecule has 174 valence electrons. The van der Waals surface area contributed by atoms with E-state index in [1.807, 2.05) is 0 Å². The molecule has 2 aromatic carbocycles. The molecule has 1 saturated heterocycles. The third-order valence-electron chi connectivity index (χ3n) is 5.61. The first-order valence-corrected chi connectivity index (χ1v) is 11.2. The summed E-state index contributed by atoms with van der Waals surface area (Å²) in [5.74, 6) is 0.737. The number of fused-ring (bicyclic) bond motifs is 1. The number of rotatable bonds is 8. The number of nitrogens with zero attached hydrogens (tertiary/aromatic N) is 3. The molecule has 2 N–H and O–H groups in total. The van der Waals surface area contributed by atoms with Gasteiger partial charge in [-0.1, -0.05) is 0 Å². The highest BCUT2D eigenvalue weighted by Crippen LogP contribution is 2.31. The Balaban J connectivity index is 1.38. The predicted molar refractivity (Wildman–Crippen MR) is 124 cm³/mol. The van der Waals surface area contributed by atoms with Gasteiger partial charge in [-0.2, -0.15) is 0 Å². The van der Waals surface area contributed by atoms with Crippen molar-refractivity contribution >= 4 is 16.9 Å². The van der Waals surface area contributed by atoms with Gasteiger partial charge < -0.3 is 19.8 Å². The molecular weight excluding hydrogens is 437 g/mol. The Hall–Kier alpha value is -3.85. The third-order valence-corrected chi connectivity index (χ3v) is 5.61. The van der Waals surface area contributed by atoms with Crippen LogP contribution in [0.25, 0.3) is 22.3 Å². The van der Waals surface area contributed by atoms with E-state index in [2.05, 4.69) is 20.3 Å². The summed E-state index contributed by atoms with van der Waals surface area (Å²) in [6.07, 6.45) is 5.67. The summed E-state index contributed by atoms with van der Waals surface area (Å²) in [7, 11) is 0. The van der Waals surface area contributed by atoms with Crippen LogP contribution in [-0.2, 0) is 11.2 Å². The fraction of sp³-hybridized carbons (Fsp3) is 0.280. The SMILES string of the molecule is O=C(NCCCc1ncc[nH]1)c1ccc2nc(O[C@@H]3CCOC3)c(-c3ccc(F)cc3)nc2c1. The molecule has 1 atom stereocenters. The van der Waals surface area contributed by atoms with E-state index in [9.17, 15) is 9.18 Å². The molecule has 0 aliphatic carbocycles.